The van der Waals surface area contributed by atoms with Crippen molar-refractivity contribution in [3.8, 4) is 0 Å². The van der Waals surface area contributed by atoms with Crippen molar-refractivity contribution in [1.29, 1.82) is 0 Å². The van der Waals surface area contributed by atoms with E-state index in [0.717, 1.165) is 5.56 Å². The van der Waals surface area contributed by atoms with E-state index < -0.39 is 14.9 Å². The molecule has 0 N–H and O–H groups in total. The van der Waals surface area contributed by atoms with Crippen molar-refractivity contribution in [3.05, 3.63) is 41.5 Å². The molecule has 1 atom stereocenters. The van der Waals surface area contributed by atoms with Crippen LogP contribution in [-0.4, -0.2) is 13.0 Å². The molecule has 1 aromatic carbocycles. The molecule has 2 rings (SSSR count). The van der Waals surface area contributed by atoms with Crippen molar-refractivity contribution in [3.63, 3.8) is 0 Å². The largest absolute Gasteiger partial charge is 1.00 e. The van der Waals surface area contributed by atoms with Crippen molar-refractivity contribution in [1.82, 2.24) is 0 Å². The van der Waals surface area contributed by atoms with Gasteiger partial charge in [-0.1, -0.05) is 36.4 Å². The van der Waals surface area contributed by atoms with E-state index in [1.54, 1.807) is 18.2 Å². The Morgan fingerprint density at radius 3 is 2.56 bits per heavy atom. The Morgan fingerprint density at radius 2 is 1.94 bits per heavy atom. The first-order valence-electron chi connectivity index (χ1n) is 4.67. The van der Waals surface area contributed by atoms with Crippen LogP contribution in [0.1, 0.15) is 24.5 Å². The van der Waals surface area contributed by atoms with Crippen LogP contribution in [0.4, 0.5) is 0 Å². The van der Waals surface area contributed by atoms with Crippen LogP contribution in [0.3, 0.4) is 0 Å². The summed E-state index contributed by atoms with van der Waals surface area (Å²) in [4.78, 5) is 0. The number of hydrogen-bond donors (Lipinski definition) is 0. The molecule has 0 spiro atoms. The molecule has 0 saturated carbocycles. The van der Waals surface area contributed by atoms with Crippen LogP contribution in [0.15, 0.2) is 30.3 Å². The monoisotopic (exact) mass is 230 g/mol. The van der Waals surface area contributed by atoms with Crippen LogP contribution in [0.25, 0.3) is 6.08 Å². The summed E-state index contributed by atoms with van der Waals surface area (Å²) in [5, 5.41) is 0. The third-order valence-corrected chi connectivity index (χ3v) is 4.38. The van der Waals surface area contributed by atoms with E-state index in [2.05, 4.69) is 0 Å². The molecule has 0 heterocycles. The van der Waals surface area contributed by atoms with E-state index in [4.69, 9.17) is 0 Å². The number of rotatable bonds is 1. The van der Waals surface area contributed by atoms with Crippen LogP contribution in [0.5, 0.6) is 0 Å². The van der Waals surface area contributed by atoms with Crippen LogP contribution in [-0.2, 0) is 14.9 Å². The standard InChI is InChI=1S/C11H12O3S.Li/c1-11(15(12,13)14)8-4-6-9-5-2-3-7-10(9)11;/h2-7H,8H2,1H3,(H,12,13,14);/q;+1/p-1. The molecule has 1 aromatic rings. The van der Waals surface area contributed by atoms with Crippen LogP contribution in [0, 0.1) is 0 Å². The maximum atomic E-state index is 11.3. The van der Waals surface area contributed by atoms with Gasteiger partial charge in [-0.05, 0) is 24.5 Å². The number of allylic oxidation sites excluding steroid dienone is 1. The predicted octanol–water partition coefficient (Wildman–Crippen LogP) is -1.13. The summed E-state index contributed by atoms with van der Waals surface area (Å²) in [6, 6.07) is 7.09. The molecule has 5 heteroatoms. The second-order valence-electron chi connectivity index (χ2n) is 3.88. The fourth-order valence-electron chi connectivity index (χ4n) is 1.88. The third-order valence-electron chi connectivity index (χ3n) is 2.89. The van der Waals surface area contributed by atoms with E-state index in [1.807, 2.05) is 18.2 Å². The number of hydrogen-bond acceptors (Lipinski definition) is 3. The molecule has 16 heavy (non-hydrogen) atoms. The van der Waals surface area contributed by atoms with Crippen molar-refractivity contribution in [2.45, 2.75) is 18.1 Å². The first-order valence-corrected chi connectivity index (χ1v) is 6.07. The van der Waals surface area contributed by atoms with Gasteiger partial charge in [0.1, 0.15) is 10.1 Å². The van der Waals surface area contributed by atoms with Gasteiger partial charge >= 0.3 is 18.9 Å². The predicted molar refractivity (Wildman–Crippen MR) is 57.1 cm³/mol. The Labute approximate surface area is 107 Å². The summed E-state index contributed by atoms with van der Waals surface area (Å²) in [7, 11) is -4.34. The topological polar surface area (TPSA) is 57.2 Å². The maximum Gasteiger partial charge on any atom is 1.00 e. The smallest absolute Gasteiger partial charge is 0.747 e. The summed E-state index contributed by atoms with van der Waals surface area (Å²) in [5.74, 6) is 0. The van der Waals surface area contributed by atoms with Crippen molar-refractivity contribution in [2.24, 2.45) is 0 Å². The number of benzene rings is 1. The van der Waals surface area contributed by atoms with Gasteiger partial charge < -0.3 is 4.55 Å². The van der Waals surface area contributed by atoms with Crippen LogP contribution >= 0.6 is 0 Å². The van der Waals surface area contributed by atoms with Crippen molar-refractivity contribution in [2.75, 3.05) is 0 Å². The molecule has 0 amide bonds. The fraction of sp³-hybridized carbons (Fsp3) is 0.273. The average molecular weight is 230 g/mol. The molecule has 0 aromatic heterocycles. The molecule has 1 aliphatic rings. The van der Waals surface area contributed by atoms with E-state index >= 15 is 0 Å². The van der Waals surface area contributed by atoms with Gasteiger partial charge in [-0.15, -0.1) is 0 Å². The molecule has 0 bridgehead atoms. The summed E-state index contributed by atoms with van der Waals surface area (Å²) in [6.07, 6.45) is 3.83. The van der Waals surface area contributed by atoms with Crippen molar-refractivity contribution >= 4 is 16.2 Å². The van der Waals surface area contributed by atoms with E-state index in [9.17, 15) is 13.0 Å². The molecule has 3 nitrogen and oxygen atoms in total. The minimum absolute atomic E-state index is 0. The molecule has 0 saturated heterocycles. The first-order chi connectivity index (χ1) is 6.95. The van der Waals surface area contributed by atoms with Gasteiger partial charge in [-0.2, -0.15) is 0 Å². The van der Waals surface area contributed by atoms with E-state index in [1.165, 1.54) is 6.92 Å². The summed E-state index contributed by atoms with van der Waals surface area (Å²) in [5.41, 5.74) is 1.41. The zero-order valence-electron chi connectivity index (χ0n) is 9.30. The van der Waals surface area contributed by atoms with Gasteiger partial charge in [0, 0.05) is 0 Å². The van der Waals surface area contributed by atoms with Gasteiger partial charge in [0.2, 0.25) is 0 Å². The average Bonchev–Trinajstić information content (AvgIpc) is 2.17. The summed E-state index contributed by atoms with van der Waals surface area (Å²) in [6.45, 7) is 1.48. The minimum Gasteiger partial charge on any atom is -0.747 e. The van der Waals surface area contributed by atoms with Crippen LogP contribution in [0.2, 0.25) is 0 Å². The first kappa shape index (κ1) is 13.5. The Morgan fingerprint density at radius 1 is 1.31 bits per heavy atom. The van der Waals surface area contributed by atoms with Gasteiger partial charge in [0.05, 0.1) is 4.75 Å². The Kier molecular flexibility index (Phi) is 3.71. The fourth-order valence-corrected chi connectivity index (χ4v) is 2.64. The SMILES string of the molecule is CC1(S(=O)(=O)[O-])CC=Cc2ccccc21.[Li+]. The van der Waals surface area contributed by atoms with Crippen LogP contribution < -0.4 is 18.9 Å². The molecule has 0 aliphatic heterocycles. The molecular weight excluding hydrogens is 219 g/mol. The number of fused-ring (bicyclic) bond motifs is 1. The van der Waals surface area contributed by atoms with Gasteiger partial charge in [0.15, 0.2) is 0 Å². The van der Waals surface area contributed by atoms with E-state index in [-0.39, 0.29) is 25.3 Å². The molecule has 0 radical (unpaired) electrons. The minimum atomic E-state index is -4.34. The third kappa shape index (κ3) is 1.99. The zero-order valence-corrected chi connectivity index (χ0v) is 10.1. The molecule has 80 valence electrons. The van der Waals surface area contributed by atoms with Crippen molar-refractivity contribution < 1.29 is 31.8 Å². The quantitative estimate of drug-likeness (QED) is 0.453. The van der Waals surface area contributed by atoms with Gasteiger partial charge in [-0.3, -0.25) is 0 Å². The Bertz CT molecular complexity index is 522. The maximum absolute atomic E-state index is 11.3. The zero-order chi connectivity index (χ0) is 11.1. The second-order valence-corrected chi connectivity index (χ2v) is 5.69. The molecule has 0 fully saturated rings. The van der Waals surface area contributed by atoms with E-state index in [0.29, 0.717) is 5.56 Å². The summed E-state index contributed by atoms with van der Waals surface area (Å²) < 4.78 is 32.5. The molecular formula is C11H11LiO3S. The van der Waals surface area contributed by atoms with Gasteiger partial charge in [-0.25, -0.2) is 8.42 Å². The normalized spacial score (nSPS) is 23.4. The molecule has 1 aliphatic carbocycles. The Balaban J connectivity index is 0.00000128. The van der Waals surface area contributed by atoms with Gasteiger partial charge in [0.25, 0.3) is 0 Å². The summed E-state index contributed by atoms with van der Waals surface area (Å²) >= 11 is 0. The Hall–Kier alpha value is -0.533. The second kappa shape index (κ2) is 4.38. The molecule has 1 unspecified atom stereocenters.